The predicted molar refractivity (Wildman–Crippen MR) is 84.0 cm³/mol. The maximum absolute atomic E-state index is 12.2. The van der Waals surface area contributed by atoms with Crippen molar-refractivity contribution in [3.05, 3.63) is 50.8 Å². The van der Waals surface area contributed by atoms with Crippen molar-refractivity contribution in [3.63, 3.8) is 0 Å². The largest absolute Gasteiger partial charge is 0.279 e. The number of rotatable bonds is 3. The summed E-state index contributed by atoms with van der Waals surface area (Å²) >= 11 is 7.94. The van der Waals surface area contributed by atoms with Crippen LogP contribution >= 0.6 is 34.2 Å². The summed E-state index contributed by atoms with van der Waals surface area (Å²) in [5.41, 5.74) is 1.37. The van der Waals surface area contributed by atoms with Gasteiger partial charge in [0.1, 0.15) is 10.0 Å². The van der Waals surface area contributed by atoms with Crippen LogP contribution in [0.2, 0.25) is 5.15 Å². The molecule has 0 saturated heterocycles. The van der Waals surface area contributed by atoms with Gasteiger partial charge in [-0.1, -0.05) is 17.7 Å². The molecule has 0 spiro atoms. The van der Waals surface area contributed by atoms with Crippen molar-refractivity contribution in [2.24, 2.45) is 0 Å². The van der Waals surface area contributed by atoms with E-state index in [9.17, 15) is 8.42 Å². The molecule has 0 aliphatic carbocycles. The second-order valence-corrected chi connectivity index (χ2v) is 7.11. The van der Waals surface area contributed by atoms with Gasteiger partial charge in [0, 0.05) is 9.77 Å². The fraction of sp³-hybridized carbons (Fsp3) is 0.0833. The first-order valence-electron chi connectivity index (χ1n) is 5.29. The van der Waals surface area contributed by atoms with Crippen LogP contribution in [0, 0.1) is 10.5 Å². The van der Waals surface area contributed by atoms with Gasteiger partial charge < -0.3 is 0 Å². The van der Waals surface area contributed by atoms with Crippen LogP contribution in [0.5, 0.6) is 0 Å². The van der Waals surface area contributed by atoms with Crippen LogP contribution < -0.4 is 4.72 Å². The predicted octanol–water partition coefficient (Wildman–Crippen LogP) is 3.45. The van der Waals surface area contributed by atoms with Crippen LogP contribution in [0.15, 0.2) is 41.4 Å². The van der Waals surface area contributed by atoms with Gasteiger partial charge >= 0.3 is 0 Å². The summed E-state index contributed by atoms with van der Waals surface area (Å²) in [5.74, 6) is 0. The summed E-state index contributed by atoms with van der Waals surface area (Å²) in [4.78, 5) is 3.74. The number of anilines is 1. The van der Waals surface area contributed by atoms with E-state index < -0.39 is 10.0 Å². The smallest absolute Gasteiger partial charge is 0.264 e. The maximum atomic E-state index is 12.2. The van der Waals surface area contributed by atoms with Crippen LogP contribution in [0.1, 0.15) is 5.56 Å². The number of benzene rings is 1. The molecule has 0 fully saturated rings. The number of pyridine rings is 1. The number of sulfonamides is 1. The highest BCUT2D eigenvalue weighted by Crippen LogP contribution is 2.24. The third-order valence-electron chi connectivity index (χ3n) is 2.46. The zero-order valence-corrected chi connectivity index (χ0v) is 13.6. The highest BCUT2D eigenvalue weighted by Gasteiger charge is 2.19. The van der Waals surface area contributed by atoms with Crippen molar-refractivity contribution in [2.45, 2.75) is 11.8 Å². The van der Waals surface area contributed by atoms with E-state index >= 15 is 0 Å². The van der Waals surface area contributed by atoms with Crippen molar-refractivity contribution >= 4 is 49.9 Å². The molecule has 4 nitrogen and oxygen atoms in total. The number of halogens is 2. The Kier molecular flexibility index (Phi) is 4.32. The third-order valence-corrected chi connectivity index (χ3v) is 4.94. The summed E-state index contributed by atoms with van der Waals surface area (Å²) in [5, 5.41) is -0.0433. The topological polar surface area (TPSA) is 59.1 Å². The Morgan fingerprint density at radius 3 is 2.74 bits per heavy atom. The van der Waals surface area contributed by atoms with Crippen molar-refractivity contribution in [1.29, 1.82) is 0 Å². The summed E-state index contributed by atoms with van der Waals surface area (Å²) in [6.07, 6.45) is 1.44. The first-order valence-corrected chi connectivity index (χ1v) is 8.23. The maximum Gasteiger partial charge on any atom is 0.264 e. The van der Waals surface area contributed by atoms with E-state index in [4.69, 9.17) is 11.6 Å². The molecule has 1 N–H and O–H groups in total. The Morgan fingerprint density at radius 1 is 1.32 bits per heavy atom. The van der Waals surface area contributed by atoms with E-state index in [2.05, 4.69) is 32.3 Å². The quantitative estimate of drug-likeness (QED) is 0.625. The van der Waals surface area contributed by atoms with E-state index in [-0.39, 0.29) is 10.0 Å². The molecule has 0 aliphatic rings. The summed E-state index contributed by atoms with van der Waals surface area (Å²) < 4.78 is 28.0. The normalized spacial score (nSPS) is 11.3. The van der Waals surface area contributed by atoms with Crippen LogP contribution in [-0.2, 0) is 10.0 Å². The number of hydrogen-bond donors (Lipinski definition) is 1. The SMILES string of the molecule is Cc1ccc(I)cc1NS(=O)(=O)c1cccnc1Cl. The minimum Gasteiger partial charge on any atom is -0.279 e. The Labute approximate surface area is 130 Å². The van der Waals surface area contributed by atoms with Gasteiger partial charge in [-0.25, -0.2) is 13.4 Å². The molecule has 0 radical (unpaired) electrons. The second kappa shape index (κ2) is 5.64. The van der Waals surface area contributed by atoms with E-state index in [0.29, 0.717) is 5.69 Å². The number of aromatic nitrogens is 1. The Morgan fingerprint density at radius 2 is 2.05 bits per heavy atom. The van der Waals surface area contributed by atoms with E-state index in [1.165, 1.54) is 18.3 Å². The van der Waals surface area contributed by atoms with Crippen LogP contribution in [0.25, 0.3) is 0 Å². The summed E-state index contributed by atoms with van der Waals surface area (Å²) in [6, 6.07) is 8.47. The standard InChI is InChI=1S/C12H10ClIN2O2S/c1-8-4-5-9(14)7-10(8)16-19(17,18)11-3-2-6-15-12(11)13/h2-7,16H,1H3. The molecule has 1 aromatic heterocycles. The number of nitrogens with one attached hydrogen (secondary N) is 1. The van der Waals surface area contributed by atoms with Gasteiger partial charge in [-0.2, -0.15) is 0 Å². The minimum absolute atomic E-state index is 0.0325. The lowest BCUT2D eigenvalue weighted by Gasteiger charge is -2.11. The Bertz CT molecular complexity index is 719. The van der Waals surface area contributed by atoms with Gasteiger partial charge in [0.25, 0.3) is 10.0 Å². The lowest BCUT2D eigenvalue weighted by molar-refractivity contribution is 0.601. The molecule has 0 amide bonds. The zero-order chi connectivity index (χ0) is 14.0. The molecular formula is C12H10ClIN2O2S. The molecule has 0 saturated carbocycles. The van der Waals surface area contributed by atoms with Crippen molar-refractivity contribution < 1.29 is 8.42 Å². The molecule has 1 heterocycles. The van der Waals surface area contributed by atoms with Crippen LogP contribution in [-0.4, -0.2) is 13.4 Å². The molecule has 1 aromatic carbocycles. The van der Waals surface area contributed by atoms with Gasteiger partial charge in [0.05, 0.1) is 5.69 Å². The van der Waals surface area contributed by atoms with Gasteiger partial charge in [-0.15, -0.1) is 0 Å². The highest BCUT2D eigenvalue weighted by atomic mass is 127. The fourth-order valence-electron chi connectivity index (χ4n) is 1.48. The molecule has 0 bridgehead atoms. The molecule has 7 heteroatoms. The molecule has 0 aliphatic heterocycles. The van der Waals surface area contributed by atoms with Gasteiger partial charge in [0.2, 0.25) is 0 Å². The molecule has 0 atom stereocenters. The van der Waals surface area contributed by atoms with Gasteiger partial charge in [-0.05, 0) is 59.3 Å². The zero-order valence-electron chi connectivity index (χ0n) is 9.89. The number of nitrogens with zero attached hydrogens (tertiary/aromatic N) is 1. The first-order chi connectivity index (χ1) is 8.90. The molecule has 19 heavy (non-hydrogen) atoms. The summed E-state index contributed by atoms with van der Waals surface area (Å²) in [7, 11) is -3.73. The molecule has 2 rings (SSSR count). The average Bonchev–Trinajstić information content (AvgIpc) is 2.34. The lowest BCUT2D eigenvalue weighted by Crippen LogP contribution is -2.14. The van der Waals surface area contributed by atoms with Crippen molar-refractivity contribution in [3.8, 4) is 0 Å². The first kappa shape index (κ1) is 14.5. The average molecular weight is 409 g/mol. The van der Waals surface area contributed by atoms with Crippen molar-refractivity contribution in [2.75, 3.05) is 4.72 Å². The fourth-order valence-corrected chi connectivity index (χ4v) is 3.54. The minimum atomic E-state index is -3.73. The molecular weight excluding hydrogens is 399 g/mol. The third kappa shape index (κ3) is 3.37. The Balaban J connectivity index is 2.43. The molecule has 0 unspecified atom stereocenters. The second-order valence-electron chi connectivity index (χ2n) is 3.86. The monoisotopic (exact) mass is 408 g/mol. The molecule has 100 valence electrons. The summed E-state index contributed by atoms with van der Waals surface area (Å²) in [6.45, 7) is 1.83. The Hall–Kier alpha value is -0.860. The lowest BCUT2D eigenvalue weighted by atomic mass is 10.2. The van der Waals surface area contributed by atoms with E-state index in [1.807, 2.05) is 19.1 Å². The van der Waals surface area contributed by atoms with Crippen LogP contribution in [0.3, 0.4) is 0 Å². The van der Waals surface area contributed by atoms with Gasteiger partial charge in [-0.3, -0.25) is 4.72 Å². The number of hydrogen-bond acceptors (Lipinski definition) is 3. The molecule has 2 aromatic rings. The van der Waals surface area contributed by atoms with E-state index in [0.717, 1.165) is 9.13 Å². The van der Waals surface area contributed by atoms with Gasteiger partial charge in [0.15, 0.2) is 0 Å². The highest BCUT2D eigenvalue weighted by molar-refractivity contribution is 14.1. The van der Waals surface area contributed by atoms with E-state index in [1.54, 1.807) is 6.07 Å². The van der Waals surface area contributed by atoms with Crippen molar-refractivity contribution in [1.82, 2.24) is 4.98 Å². The number of aryl methyl sites for hydroxylation is 1. The van der Waals surface area contributed by atoms with Crippen LogP contribution in [0.4, 0.5) is 5.69 Å².